The molecule has 12 nitrogen and oxygen atoms in total. The van der Waals surface area contributed by atoms with Crippen LogP contribution in [0.4, 0.5) is 4.79 Å². The van der Waals surface area contributed by atoms with Gasteiger partial charge in [-0.2, -0.15) is 0 Å². The number of cyclic esters (lactones) is 1. The number of nitrogens with one attached hydrogen (secondary N) is 2. The summed E-state index contributed by atoms with van der Waals surface area (Å²) in [5.74, 6) is 0.596. The average molecular weight is 744 g/mol. The number of fused-ring (bicyclic) bond motifs is 5. The standard InChI is InChI=1S/C40H53N7O5S/c1-7-46-33-15-14-26-18-28(33)29(36(46)27-10-8-16-41-35(27)24(2)51-6)20-40(3,4)23-52-38(49)30-11-9-17-47(44-30)37(48)31(19-34-42-32(26)22-53-34)43-39(50)45(5)21-25-12-13-25/h8,10,14-16,18,24-25,30-32,44H,7,9,11-13,17,19-23H2,1-6H3,(H,43,50)/t24-,30-,31-,32?/m0/s1. The molecule has 53 heavy (non-hydrogen) atoms. The van der Waals surface area contributed by atoms with E-state index in [4.69, 9.17) is 19.5 Å². The van der Waals surface area contributed by atoms with Crippen LogP contribution in [-0.2, 0) is 32.0 Å². The number of aryl methyl sites for hydroxylation is 1. The number of esters is 1. The van der Waals surface area contributed by atoms with Gasteiger partial charge in [0.25, 0.3) is 5.91 Å². The highest BCUT2D eigenvalue weighted by molar-refractivity contribution is 8.14. The number of amides is 3. The van der Waals surface area contributed by atoms with E-state index in [9.17, 15) is 14.4 Å². The number of hydrogen-bond donors (Lipinski definition) is 2. The number of carbonyl (C=O) groups excluding carboxylic acids is 3. The molecule has 0 radical (unpaired) electrons. The van der Waals surface area contributed by atoms with Crippen LogP contribution in [0.25, 0.3) is 22.2 Å². The van der Waals surface area contributed by atoms with Crippen molar-refractivity contribution in [2.45, 2.75) is 97.0 Å². The summed E-state index contributed by atoms with van der Waals surface area (Å²) in [7, 11) is 3.48. The fraction of sp³-hybridized carbons (Fsp3) is 0.575. The van der Waals surface area contributed by atoms with Crippen molar-refractivity contribution in [3.8, 4) is 11.3 Å². The number of hydrogen-bond acceptors (Lipinski definition) is 9. The van der Waals surface area contributed by atoms with E-state index in [1.54, 1.807) is 30.8 Å². The molecule has 3 aliphatic heterocycles. The summed E-state index contributed by atoms with van der Waals surface area (Å²) in [6, 6.07) is 8.85. The highest BCUT2D eigenvalue weighted by atomic mass is 32.2. The molecule has 1 unspecified atom stereocenters. The molecule has 1 aromatic carbocycles. The number of thioether (sulfide) groups is 1. The van der Waals surface area contributed by atoms with Gasteiger partial charge in [-0.3, -0.25) is 24.6 Å². The van der Waals surface area contributed by atoms with E-state index in [1.165, 1.54) is 10.6 Å². The molecule has 1 saturated carbocycles. The molecule has 2 N–H and O–H groups in total. The van der Waals surface area contributed by atoms with Gasteiger partial charge in [0.2, 0.25) is 0 Å². The average Bonchev–Trinajstić information content (AvgIpc) is 3.77. The van der Waals surface area contributed by atoms with Crippen LogP contribution < -0.4 is 10.7 Å². The number of nitrogens with zero attached hydrogens (tertiary/aromatic N) is 5. The number of methoxy groups -OCH3 is 1. The third-order valence-corrected chi connectivity index (χ3v) is 12.1. The lowest BCUT2D eigenvalue weighted by atomic mass is 9.84. The van der Waals surface area contributed by atoms with Crippen LogP contribution >= 0.6 is 11.8 Å². The molecule has 284 valence electrons. The molecular weight excluding hydrogens is 691 g/mol. The molecule has 5 heterocycles. The molecule has 0 spiro atoms. The minimum Gasteiger partial charge on any atom is -0.464 e. The Kier molecular flexibility index (Phi) is 10.9. The van der Waals surface area contributed by atoms with Crippen molar-refractivity contribution in [1.82, 2.24) is 30.2 Å². The molecular formula is C40H53N7O5S. The predicted octanol–water partition coefficient (Wildman–Crippen LogP) is 6.05. The molecule has 1 aliphatic carbocycles. The minimum atomic E-state index is -0.840. The third-order valence-electron chi connectivity index (χ3n) is 11.0. The second-order valence-electron chi connectivity index (χ2n) is 15.8. The van der Waals surface area contributed by atoms with E-state index in [0.29, 0.717) is 38.3 Å². The number of aromatic nitrogens is 2. The third kappa shape index (κ3) is 7.98. The van der Waals surface area contributed by atoms with Crippen LogP contribution in [0.15, 0.2) is 41.5 Å². The van der Waals surface area contributed by atoms with Gasteiger partial charge in [0.1, 0.15) is 12.1 Å². The summed E-state index contributed by atoms with van der Waals surface area (Å²) in [6.07, 6.45) is 5.94. The van der Waals surface area contributed by atoms with Gasteiger partial charge in [-0.15, -0.1) is 11.8 Å². The predicted molar refractivity (Wildman–Crippen MR) is 208 cm³/mol. The minimum absolute atomic E-state index is 0.0996. The van der Waals surface area contributed by atoms with Gasteiger partial charge in [-0.1, -0.05) is 19.9 Å². The Bertz CT molecular complexity index is 1900. The van der Waals surface area contributed by atoms with Crippen molar-refractivity contribution >= 4 is 45.6 Å². The smallest absolute Gasteiger partial charge is 0.324 e. The van der Waals surface area contributed by atoms with Crippen molar-refractivity contribution in [3.63, 3.8) is 0 Å². The Morgan fingerprint density at radius 2 is 2.04 bits per heavy atom. The van der Waals surface area contributed by atoms with Crippen LogP contribution in [0.1, 0.15) is 88.8 Å². The molecule has 3 aromatic rings. The second-order valence-corrected chi connectivity index (χ2v) is 16.9. The van der Waals surface area contributed by atoms with Crippen molar-refractivity contribution in [2.75, 3.05) is 39.6 Å². The fourth-order valence-corrected chi connectivity index (χ4v) is 8.93. The normalized spacial score (nSPS) is 24.0. The molecule has 6 bridgehead atoms. The van der Waals surface area contributed by atoms with E-state index in [2.05, 4.69) is 60.3 Å². The van der Waals surface area contributed by atoms with Gasteiger partial charge in [0.05, 0.1) is 35.2 Å². The molecule has 2 fully saturated rings. The van der Waals surface area contributed by atoms with Crippen molar-refractivity contribution in [3.05, 3.63) is 53.3 Å². The summed E-state index contributed by atoms with van der Waals surface area (Å²) in [4.78, 5) is 52.8. The summed E-state index contributed by atoms with van der Waals surface area (Å²) in [6.45, 7) is 10.5. The SMILES string of the molecule is CCn1c(-c2cccnc2[C@H](C)OC)c2c3cc(ccc31)C1CSC(=N1)C[C@H](NC(=O)N(C)CC1CC1)C(=O)N1CCC[C@H](N1)C(=O)OCC(C)(C)C2. The Balaban J connectivity index is 1.31. The van der Waals surface area contributed by atoms with Crippen LogP contribution in [0.5, 0.6) is 0 Å². The highest BCUT2D eigenvalue weighted by Crippen LogP contribution is 2.42. The summed E-state index contributed by atoms with van der Waals surface area (Å²) < 4.78 is 14.2. The van der Waals surface area contributed by atoms with Crippen LogP contribution in [-0.4, -0.2) is 94.1 Å². The lowest BCUT2D eigenvalue weighted by Crippen LogP contribution is -2.61. The Labute approximate surface area is 316 Å². The molecule has 4 atom stereocenters. The van der Waals surface area contributed by atoms with E-state index in [0.717, 1.165) is 63.6 Å². The van der Waals surface area contributed by atoms with Crippen molar-refractivity contribution in [1.29, 1.82) is 0 Å². The molecule has 1 saturated heterocycles. The Morgan fingerprint density at radius 3 is 2.79 bits per heavy atom. The first-order valence-corrected chi connectivity index (χ1v) is 20.0. The Hall–Kier alpha value is -3.94. The van der Waals surface area contributed by atoms with Crippen molar-refractivity contribution in [2.24, 2.45) is 16.3 Å². The second kappa shape index (κ2) is 15.4. The van der Waals surface area contributed by atoms with Crippen LogP contribution in [0.2, 0.25) is 0 Å². The summed E-state index contributed by atoms with van der Waals surface area (Å²) in [5, 5.41) is 6.49. The van der Waals surface area contributed by atoms with Crippen LogP contribution in [0.3, 0.4) is 0 Å². The first-order chi connectivity index (χ1) is 25.5. The van der Waals surface area contributed by atoms with Gasteiger partial charge < -0.3 is 24.3 Å². The zero-order valence-corrected chi connectivity index (χ0v) is 32.6. The number of hydrazine groups is 1. The number of carbonyl (C=O) groups is 3. The van der Waals surface area contributed by atoms with Gasteiger partial charge >= 0.3 is 12.0 Å². The van der Waals surface area contributed by atoms with Crippen molar-refractivity contribution < 1.29 is 23.9 Å². The monoisotopic (exact) mass is 743 g/mol. The van der Waals surface area contributed by atoms with E-state index in [1.807, 2.05) is 19.2 Å². The molecule has 13 heteroatoms. The lowest BCUT2D eigenvalue weighted by molar-refractivity contribution is -0.155. The topological polar surface area (TPSA) is 130 Å². The van der Waals surface area contributed by atoms with E-state index >= 15 is 0 Å². The zero-order chi connectivity index (χ0) is 37.4. The molecule has 3 amide bonds. The van der Waals surface area contributed by atoms with E-state index in [-0.39, 0.29) is 43.1 Å². The highest BCUT2D eigenvalue weighted by Gasteiger charge is 2.37. The van der Waals surface area contributed by atoms with Crippen LogP contribution in [0, 0.1) is 11.3 Å². The van der Waals surface area contributed by atoms with E-state index < -0.39 is 17.5 Å². The molecule has 2 aromatic heterocycles. The maximum absolute atomic E-state index is 14.1. The first kappa shape index (κ1) is 37.4. The Morgan fingerprint density at radius 1 is 1.23 bits per heavy atom. The largest absolute Gasteiger partial charge is 0.464 e. The molecule has 7 rings (SSSR count). The quantitative estimate of drug-likeness (QED) is 0.280. The van der Waals surface area contributed by atoms with Gasteiger partial charge in [0, 0.05) is 74.0 Å². The number of aliphatic imine (C=N–C) groups is 1. The summed E-state index contributed by atoms with van der Waals surface area (Å²) in [5.41, 5.74) is 9.10. The lowest BCUT2D eigenvalue weighted by Gasteiger charge is -2.36. The maximum Gasteiger partial charge on any atom is 0.324 e. The van der Waals surface area contributed by atoms with Gasteiger partial charge in [-0.05, 0) is 87.3 Å². The number of benzene rings is 1. The number of rotatable bonds is 7. The van der Waals surface area contributed by atoms with Gasteiger partial charge in [-0.25, -0.2) is 10.2 Å². The van der Waals surface area contributed by atoms with Gasteiger partial charge in [0.15, 0.2) is 0 Å². The molecule has 4 aliphatic rings. The number of ether oxygens (including phenoxy) is 2. The first-order valence-electron chi connectivity index (χ1n) is 19.0. The number of pyridine rings is 1. The number of urea groups is 1. The summed E-state index contributed by atoms with van der Waals surface area (Å²) >= 11 is 1.64. The zero-order valence-electron chi connectivity index (χ0n) is 31.8. The maximum atomic E-state index is 14.1. The fourth-order valence-electron chi connectivity index (χ4n) is 7.83.